The van der Waals surface area contributed by atoms with E-state index in [9.17, 15) is 4.79 Å². The number of ether oxygens (including phenoxy) is 2. The highest BCUT2D eigenvalue weighted by Gasteiger charge is 2.33. The third-order valence-corrected chi connectivity index (χ3v) is 5.19. The quantitative estimate of drug-likeness (QED) is 0.727. The number of carbonyl (C=O) groups excluding carboxylic acids is 1. The second-order valence-corrected chi connectivity index (χ2v) is 7.09. The number of nitrogens with one attached hydrogen (secondary N) is 1. The van der Waals surface area contributed by atoms with Crippen molar-refractivity contribution in [3.63, 3.8) is 0 Å². The standard InChI is InChI=1S/C20H16ClN3O3/c1-11-19-15(12-5-6-16-17(7-12)27-10-26-16)9-18(25)22-20(19)24(23-11)14-4-2-3-13(21)8-14/h2-8,15H,9-10H2,1H3,(H,22,25)/t15-/m1/s1. The lowest BCUT2D eigenvalue weighted by Crippen LogP contribution is -2.24. The zero-order valence-electron chi connectivity index (χ0n) is 14.5. The minimum Gasteiger partial charge on any atom is -0.454 e. The lowest BCUT2D eigenvalue weighted by molar-refractivity contribution is -0.116. The topological polar surface area (TPSA) is 65.4 Å². The molecule has 0 spiro atoms. The van der Waals surface area contributed by atoms with Crippen molar-refractivity contribution >= 4 is 23.3 Å². The van der Waals surface area contributed by atoms with E-state index in [0.717, 1.165) is 28.3 Å². The van der Waals surface area contributed by atoms with Gasteiger partial charge in [-0.3, -0.25) is 4.79 Å². The minimum atomic E-state index is -0.101. The molecule has 0 aliphatic carbocycles. The molecule has 0 unspecified atom stereocenters. The fourth-order valence-electron chi connectivity index (χ4n) is 3.76. The molecule has 136 valence electrons. The molecule has 3 heterocycles. The van der Waals surface area contributed by atoms with Gasteiger partial charge in [0.15, 0.2) is 11.5 Å². The molecule has 1 amide bonds. The van der Waals surface area contributed by atoms with Crippen LogP contribution in [-0.4, -0.2) is 22.5 Å². The number of hydrogen-bond donors (Lipinski definition) is 1. The van der Waals surface area contributed by atoms with E-state index >= 15 is 0 Å². The van der Waals surface area contributed by atoms with E-state index in [2.05, 4.69) is 10.4 Å². The third kappa shape index (κ3) is 2.64. The van der Waals surface area contributed by atoms with Crippen LogP contribution in [0.3, 0.4) is 0 Å². The van der Waals surface area contributed by atoms with Gasteiger partial charge in [-0.25, -0.2) is 4.68 Å². The first kappa shape index (κ1) is 16.2. The summed E-state index contributed by atoms with van der Waals surface area (Å²) < 4.78 is 12.6. The highest BCUT2D eigenvalue weighted by Crippen LogP contribution is 2.43. The number of benzene rings is 2. The third-order valence-electron chi connectivity index (χ3n) is 4.95. The summed E-state index contributed by atoms with van der Waals surface area (Å²) in [5.74, 6) is 1.98. The molecular weight excluding hydrogens is 366 g/mol. The number of aryl methyl sites for hydroxylation is 1. The molecule has 27 heavy (non-hydrogen) atoms. The summed E-state index contributed by atoms with van der Waals surface area (Å²) >= 11 is 6.14. The Balaban J connectivity index is 1.65. The van der Waals surface area contributed by atoms with Crippen LogP contribution in [0, 0.1) is 6.92 Å². The highest BCUT2D eigenvalue weighted by atomic mass is 35.5. The number of carbonyl (C=O) groups is 1. The average molecular weight is 382 g/mol. The Kier molecular flexibility index (Phi) is 3.62. The van der Waals surface area contributed by atoms with Crippen molar-refractivity contribution in [3.8, 4) is 17.2 Å². The van der Waals surface area contributed by atoms with Crippen LogP contribution < -0.4 is 14.8 Å². The molecule has 1 atom stereocenters. The van der Waals surface area contributed by atoms with Gasteiger partial charge < -0.3 is 14.8 Å². The molecule has 0 saturated carbocycles. The van der Waals surface area contributed by atoms with Gasteiger partial charge in [0.25, 0.3) is 0 Å². The van der Waals surface area contributed by atoms with E-state index in [-0.39, 0.29) is 18.6 Å². The molecule has 0 saturated heterocycles. The van der Waals surface area contributed by atoms with Gasteiger partial charge in [0.05, 0.1) is 11.4 Å². The van der Waals surface area contributed by atoms with Gasteiger partial charge in [-0.2, -0.15) is 5.10 Å². The molecule has 7 heteroatoms. The first-order valence-electron chi connectivity index (χ1n) is 8.65. The molecule has 0 fully saturated rings. The number of fused-ring (bicyclic) bond motifs is 2. The van der Waals surface area contributed by atoms with E-state index in [1.807, 2.05) is 49.4 Å². The van der Waals surface area contributed by atoms with Crippen molar-refractivity contribution in [3.05, 3.63) is 64.3 Å². The monoisotopic (exact) mass is 381 g/mol. The second kappa shape index (κ2) is 6.03. The lowest BCUT2D eigenvalue weighted by Gasteiger charge is -2.24. The molecule has 2 aliphatic rings. The van der Waals surface area contributed by atoms with Crippen molar-refractivity contribution < 1.29 is 14.3 Å². The zero-order chi connectivity index (χ0) is 18.5. The van der Waals surface area contributed by atoms with Crippen molar-refractivity contribution in [2.75, 3.05) is 12.1 Å². The Morgan fingerprint density at radius 3 is 2.89 bits per heavy atom. The van der Waals surface area contributed by atoms with Crippen LogP contribution in [0.5, 0.6) is 11.5 Å². The molecule has 2 aromatic carbocycles. The van der Waals surface area contributed by atoms with Gasteiger partial charge in [-0.15, -0.1) is 0 Å². The van der Waals surface area contributed by atoms with E-state index < -0.39 is 0 Å². The second-order valence-electron chi connectivity index (χ2n) is 6.66. The Morgan fingerprint density at radius 2 is 2.04 bits per heavy atom. The summed E-state index contributed by atoms with van der Waals surface area (Å²) in [6.45, 7) is 2.18. The van der Waals surface area contributed by atoms with Crippen LogP contribution in [0.15, 0.2) is 42.5 Å². The zero-order valence-corrected chi connectivity index (χ0v) is 15.3. The largest absolute Gasteiger partial charge is 0.454 e. The fourth-order valence-corrected chi connectivity index (χ4v) is 3.94. The van der Waals surface area contributed by atoms with Crippen LogP contribution in [0.1, 0.15) is 29.2 Å². The van der Waals surface area contributed by atoms with Crippen molar-refractivity contribution in [2.24, 2.45) is 0 Å². The van der Waals surface area contributed by atoms with Crippen LogP contribution in [0.25, 0.3) is 5.69 Å². The Morgan fingerprint density at radius 1 is 1.19 bits per heavy atom. The predicted octanol–water partition coefficient (Wildman–Crippen LogP) is 4.04. The molecule has 5 rings (SSSR count). The average Bonchev–Trinajstić information content (AvgIpc) is 3.25. The van der Waals surface area contributed by atoms with Gasteiger partial charge in [-0.1, -0.05) is 23.7 Å². The van der Waals surface area contributed by atoms with Gasteiger partial charge in [0.1, 0.15) is 5.82 Å². The molecule has 1 aromatic heterocycles. The first-order valence-corrected chi connectivity index (χ1v) is 9.03. The maximum absolute atomic E-state index is 12.5. The maximum atomic E-state index is 12.5. The number of nitrogens with zero attached hydrogens (tertiary/aromatic N) is 2. The van der Waals surface area contributed by atoms with E-state index in [0.29, 0.717) is 23.0 Å². The predicted molar refractivity (Wildman–Crippen MR) is 101 cm³/mol. The number of halogens is 1. The normalized spacial score (nSPS) is 17.6. The lowest BCUT2D eigenvalue weighted by atomic mass is 9.85. The van der Waals surface area contributed by atoms with Crippen LogP contribution in [0.2, 0.25) is 5.02 Å². The SMILES string of the molecule is Cc1nn(-c2cccc(Cl)c2)c2c1[C@@H](c1ccc3c(c1)OCO3)CC(=O)N2. The highest BCUT2D eigenvalue weighted by molar-refractivity contribution is 6.30. The van der Waals surface area contributed by atoms with Crippen molar-refractivity contribution in [1.29, 1.82) is 0 Å². The molecule has 0 radical (unpaired) electrons. The Bertz CT molecular complexity index is 1080. The number of aromatic nitrogens is 2. The summed E-state index contributed by atoms with van der Waals surface area (Å²) in [4.78, 5) is 12.5. The Labute approximate surface area is 160 Å². The van der Waals surface area contributed by atoms with Gasteiger partial charge in [-0.05, 0) is 42.8 Å². The minimum absolute atomic E-state index is 0.0478. The smallest absolute Gasteiger partial charge is 0.231 e. The van der Waals surface area contributed by atoms with Gasteiger partial charge in [0, 0.05) is 22.9 Å². The number of rotatable bonds is 2. The maximum Gasteiger partial charge on any atom is 0.231 e. The van der Waals surface area contributed by atoms with E-state index in [1.165, 1.54) is 0 Å². The molecule has 2 aliphatic heterocycles. The van der Waals surface area contributed by atoms with Crippen LogP contribution >= 0.6 is 11.6 Å². The summed E-state index contributed by atoms with van der Waals surface area (Å²) in [6, 6.07) is 13.2. The number of hydrogen-bond acceptors (Lipinski definition) is 4. The first-order chi connectivity index (χ1) is 13.1. The van der Waals surface area contributed by atoms with E-state index in [1.54, 1.807) is 4.68 Å². The Hall–Kier alpha value is -2.99. The van der Waals surface area contributed by atoms with Crippen LogP contribution in [-0.2, 0) is 4.79 Å². The number of anilines is 1. The summed E-state index contributed by atoms with van der Waals surface area (Å²) in [7, 11) is 0. The molecule has 0 bridgehead atoms. The summed E-state index contributed by atoms with van der Waals surface area (Å²) in [5, 5.41) is 8.27. The van der Waals surface area contributed by atoms with Gasteiger partial charge in [0.2, 0.25) is 12.7 Å². The van der Waals surface area contributed by atoms with Crippen molar-refractivity contribution in [2.45, 2.75) is 19.3 Å². The van der Waals surface area contributed by atoms with Crippen molar-refractivity contribution in [1.82, 2.24) is 9.78 Å². The molecule has 6 nitrogen and oxygen atoms in total. The summed E-state index contributed by atoms with van der Waals surface area (Å²) in [6.07, 6.45) is 0.356. The van der Waals surface area contributed by atoms with Gasteiger partial charge >= 0.3 is 0 Å². The molecule has 3 aromatic rings. The summed E-state index contributed by atoms with van der Waals surface area (Å²) in [5.41, 5.74) is 3.68. The fraction of sp³-hybridized carbons (Fsp3) is 0.200. The van der Waals surface area contributed by atoms with E-state index in [4.69, 9.17) is 21.1 Å². The molecular formula is C20H16ClN3O3. The molecule has 1 N–H and O–H groups in total. The van der Waals surface area contributed by atoms with Crippen LogP contribution in [0.4, 0.5) is 5.82 Å². The number of amides is 1.